The third kappa shape index (κ3) is 2.60. The lowest BCUT2D eigenvalue weighted by atomic mass is 9.81. The molecule has 3 atom stereocenters. The minimum atomic E-state index is 0.0643. The van der Waals surface area contributed by atoms with Crippen LogP contribution in [0.5, 0.6) is 0 Å². The molecule has 20 heavy (non-hydrogen) atoms. The lowest BCUT2D eigenvalue weighted by molar-refractivity contribution is -0.133. The normalized spacial score (nSPS) is 38.8. The van der Waals surface area contributed by atoms with E-state index in [2.05, 4.69) is 36.0 Å². The number of carbonyl (C=O) groups is 1. The standard InChI is InChI=1S/C16H29N3O/c1-11(2)7-15-16(20)19(10-17-15)14-8-12-5-4-6-13(9-14)18(12)3/h11-15,17H,4-10H2,1-3H3. The molecule has 0 aromatic rings. The molecule has 3 fully saturated rings. The third-order valence-electron chi connectivity index (χ3n) is 5.55. The molecule has 3 aliphatic heterocycles. The summed E-state index contributed by atoms with van der Waals surface area (Å²) in [5.74, 6) is 0.930. The zero-order chi connectivity index (χ0) is 14.3. The highest BCUT2D eigenvalue weighted by Crippen LogP contribution is 2.35. The van der Waals surface area contributed by atoms with Gasteiger partial charge in [0.2, 0.25) is 5.91 Å². The summed E-state index contributed by atoms with van der Waals surface area (Å²) in [5.41, 5.74) is 0. The molecule has 0 saturated carbocycles. The Hall–Kier alpha value is -0.610. The summed E-state index contributed by atoms with van der Waals surface area (Å²) in [5, 5.41) is 3.42. The molecule has 4 nitrogen and oxygen atoms in total. The molecule has 3 aliphatic rings. The largest absolute Gasteiger partial charge is 0.325 e. The fourth-order valence-corrected chi connectivity index (χ4v) is 4.38. The number of fused-ring (bicyclic) bond motifs is 2. The van der Waals surface area contributed by atoms with Crippen molar-refractivity contribution in [3.05, 3.63) is 0 Å². The average Bonchev–Trinajstić information content (AvgIpc) is 2.70. The van der Waals surface area contributed by atoms with Gasteiger partial charge in [-0.1, -0.05) is 20.3 Å². The van der Waals surface area contributed by atoms with Crippen LogP contribution in [0.25, 0.3) is 0 Å². The van der Waals surface area contributed by atoms with E-state index >= 15 is 0 Å². The van der Waals surface area contributed by atoms with Crippen molar-refractivity contribution in [3.63, 3.8) is 0 Å². The van der Waals surface area contributed by atoms with Gasteiger partial charge in [-0.15, -0.1) is 0 Å². The monoisotopic (exact) mass is 279 g/mol. The van der Waals surface area contributed by atoms with Gasteiger partial charge in [-0.2, -0.15) is 0 Å². The number of carbonyl (C=O) groups excluding carboxylic acids is 1. The molecule has 3 heterocycles. The Labute approximate surface area is 122 Å². The first-order valence-electron chi connectivity index (χ1n) is 8.32. The van der Waals surface area contributed by atoms with Crippen molar-refractivity contribution in [3.8, 4) is 0 Å². The van der Waals surface area contributed by atoms with E-state index in [0.717, 1.165) is 13.1 Å². The second-order valence-electron chi connectivity index (χ2n) is 7.38. The SMILES string of the molecule is CC(C)CC1NCN(C2CC3CCCC(C2)N3C)C1=O. The van der Waals surface area contributed by atoms with Crippen LogP contribution in [0.2, 0.25) is 0 Å². The molecule has 4 heteroatoms. The molecule has 0 radical (unpaired) electrons. The van der Waals surface area contributed by atoms with Gasteiger partial charge in [-0.25, -0.2) is 0 Å². The minimum Gasteiger partial charge on any atom is -0.325 e. The lowest BCUT2D eigenvalue weighted by Crippen LogP contribution is -2.56. The van der Waals surface area contributed by atoms with Crippen molar-refractivity contribution >= 4 is 5.91 Å². The molecular formula is C16H29N3O. The highest BCUT2D eigenvalue weighted by Gasteiger charge is 2.42. The van der Waals surface area contributed by atoms with E-state index < -0.39 is 0 Å². The van der Waals surface area contributed by atoms with Gasteiger partial charge < -0.3 is 9.80 Å². The van der Waals surface area contributed by atoms with E-state index in [1.807, 2.05) is 0 Å². The van der Waals surface area contributed by atoms with Crippen LogP contribution in [0.15, 0.2) is 0 Å². The highest BCUT2D eigenvalue weighted by molar-refractivity contribution is 5.84. The quantitative estimate of drug-likeness (QED) is 0.856. The number of nitrogens with zero attached hydrogens (tertiary/aromatic N) is 2. The first kappa shape index (κ1) is 14.3. The summed E-state index contributed by atoms with van der Waals surface area (Å²) in [6.45, 7) is 5.15. The zero-order valence-electron chi connectivity index (χ0n) is 13.1. The second kappa shape index (κ2) is 5.64. The van der Waals surface area contributed by atoms with Gasteiger partial charge in [0.15, 0.2) is 0 Å². The summed E-state index contributed by atoms with van der Waals surface area (Å²) in [4.78, 5) is 17.3. The number of nitrogens with one attached hydrogen (secondary N) is 1. The number of hydrogen-bond acceptors (Lipinski definition) is 3. The van der Waals surface area contributed by atoms with Gasteiger partial charge >= 0.3 is 0 Å². The van der Waals surface area contributed by atoms with E-state index in [4.69, 9.17) is 0 Å². The Kier molecular flexibility index (Phi) is 4.04. The molecule has 1 amide bonds. The van der Waals surface area contributed by atoms with Crippen molar-refractivity contribution in [2.24, 2.45) is 5.92 Å². The maximum absolute atomic E-state index is 12.6. The van der Waals surface area contributed by atoms with Crippen molar-refractivity contribution in [1.29, 1.82) is 0 Å². The molecule has 114 valence electrons. The van der Waals surface area contributed by atoms with Crippen LogP contribution in [0, 0.1) is 5.92 Å². The van der Waals surface area contributed by atoms with Crippen molar-refractivity contribution in [2.75, 3.05) is 13.7 Å². The smallest absolute Gasteiger partial charge is 0.241 e. The van der Waals surface area contributed by atoms with Crippen molar-refractivity contribution < 1.29 is 4.79 Å². The van der Waals surface area contributed by atoms with E-state index in [-0.39, 0.29) is 6.04 Å². The Morgan fingerprint density at radius 2 is 1.85 bits per heavy atom. The lowest BCUT2D eigenvalue weighted by Gasteiger charge is -2.49. The summed E-state index contributed by atoms with van der Waals surface area (Å²) >= 11 is 0. The Morgan fingerprint density at radius 1 is 1.20 bits per heavy atom. The first-order valence-corrected chi connectivity index (χ1v) is 8.32. The van der Waals surface area contributed by atoms with Crippen LogP contribution in [0.3, 0.4) is 0 Å². The van der Waals surface area contributed by atoms with Crippen molar-refractivity contribution in [1.82, 2.24) is 15.1 Å². The Morgan fingerprint density at radius 3 is 2.45 bits per heavy atom. The van der Waals surface area contributed by atoms with E-state index in [1.54, 1.807) is 0 Å². The predicted molar refractivity (Wildman–Crippen MR) is 80.3 cm³/mol. The second-order valence-corrected chi connectivity index (χ2v) is 7.38. The van der Waals surface area contributed by atoms with E-state index in [0.29, 0.717) is 30.0 Å². The van der Waals surface area contributed by atoms with Crippen LogP contribution in [0.4, 0.5) is 0 Å². The fraction of sp³-hybridized carbons (Fsp3) is 0.938. The molecule has 2 bridgehead atoms. The van der Waals surface area contributed by atoms with Crippen molar-refractivity contribution in [2.45, 2.75) is 76.5 Å². The van der Waals surface area contributed by atoms with Gasteiger partial charge in [0, 0.05) is 18.1 Å². The van der Waals surface area contributed by atoms with Crippen LogP contribution in [-0.2, 0) is 4.79 Å². The van der Waals surface area contributed by atoms with Gasteiger partial charge in [-0.05, 0) is 45.1 Å². The molecule has 0 spiro atoms. The first-order chi connectivity index (χ1) is 9.56. The fourth-order valence-electron chi connectivity index (χ4n) is 4.38. The zero-order valence-corrected chi connectivity index (χ0v) is 13.1. The number of hydrogen-bond donors (Lipinski definition) is 1. The molecule has 0 aromatic carbocycles. The van der Waals surface area contributed by atoms with Gasteiger partial charge in [0.1, 0.15) is 0 Å². The highest BCUT2D eigenvalue weighted by atomic mass is 16.2. The van der Waals surface area contributed by atoms with E-state index in [9.17, 15) is 4.79 Å². The van der Waals surface area contributed by atoms with Gasteiger partial charge in [0.05, 0.1) is 12.7 Å². The van der Waals surface area contributed by atoms with Crippen LogP contribution >= 0.6 is 0 Å². The topological polar surface area (TPSA) is 35.6 Å². The molecule has 3 rings (SSSR count). The number of amides is 1. The minimum absolute atomic E-state index is 0.0643. The molecule has 1 N–H and O–H groups in total. The van der Waals surface area contributed by atoms with Crippen LogP contribution < -0.4 is 5.32 Å². The summed E-state index contributed by atoms with van der Waals surface area (Å²) in [6.07, 6.45) is 7.32. The Balaban J connectivity index is 1.64. The molecule has 0 aromatic heterocycles. The molecular weight excluding hydrogens is 250 g/mol. The number of rotatable bonds is 3. The summed E-state index contributed by atoms with van der Waals surface area (Å²) in [7, 11) is 2.27. The maximum Gasteiger partial charge on any atom is 0.241 e. The molecule has 3 unspecified atom stereocenters. The summed E-state index contributed by atoms with van der Waals surface area (Å²) < 4.78 is 0. The summed E-state index contributed by atoms with van der Waals surface area (Å²) in [6, 6.07) is 1.93. The van der Waals surface area contributed by atoms with E-state index in [1.165, 1.54) is 32.1 Å². The van der Waals surface area contributed by atoms with Crippen LogP contribution in [-0.4, -0.2) is 53.6 Å². The molecule has 0 aliphatic carbocycles. The predicted octanol–water partition coefficient (Wildman–Crippen LogP) is 1.81. The Bertz CT molecular complexity index is 357. The third-order valence-corrected chi connectivity index (χ3v) is 5.55. The van der Waals surface area contributed by atoms with Gasteiger partial charge in [-0.3, -0.25) is 10.1 Å². The van der Waals surface area contributed by atoms with Crippen LogP contribution in [0.1, 0.15) is 52.4 Å². The number of piperidine rings is 2. The maximum atomic E-state index is 12.6. The van der Waals surface area contributed by atoms with Gasteiger partial charge in [0.25, 0.3) is 0 Å². The average molecular weight is 279 g/mol. The molecule has 3 saturated heterocycles.